The summed E-state index contributed by atoms with van der Waals surface area (Å²) >= 11 is 0. The maximum atomic E-state index is 11.8. The highest BCUT2D eigenvalue weighted by Crippen LogP contribution is 2.48. The van der Waals surface area contributed by atoms with Gasteiger partial charge in [-0.2, -0.15) is 0 Å². The van der Waals surface area contributed by atoms with Gasteiger partial charge in [-0.25, -0.2) is 0 Å². The van der Waals surface area contributed by atoms with Crippen molar-refractivity contribution in [2.24, 2.45) is 11.3 Å². The third-order valence-electron chi connectivity index (χ3n) is 5.38. The van der Waals surface area contributed by atoms with Crippen LogP contribution in [-0.2, 0) is 9.53 Å². The number of hydrogen-bond acceptors (Lipinski definition) is 2. The van der Waals surface area contributed by atoms with Gasteiger partial charge in [0.25, 0.3) is 0 Å². The van der Waals surface area contributed by atoms with Gasteiger partial charge in [0, 0.05) is 13.2 Å². The number of rotatable bonds is 1. The van der Waals surface area contributed by atoms with Crippen molar-refractivity contribution in [2.45, 2.75) is 77.0 Å². The Kier molecular flexibility index (Phi) is 6.34. The van der Waals surface area contributed by atoms with E-state index in [0.717, 1.165) is 71.0 Å². The maximum absolute atomic E-state index is 11.8. The van der Waals surface area contributed by atoms with Gasteiger partial charge < -0.3 is 9.84 Å². The molecule has 0 amide bonds. The van der Waals surface area contributed by atoms with Crippen LogP contribution in [0.1, 0.15) is 77.0 Å². The number of carboxylic acid groups (broad SMARTS) is 1. The second kappa shape index (κ2) is 8.02. The number of carboxylic acids is 1. The minimum Gasteiger partial charge on any atom is -0.481 e. The molecule has 0 aromatic rings. The van der Waals surface area contributed by atoms with Gasteiger partial charge in [0.05, 0.1) is 5.92 Å². The van der Waals surface area contributed by atoms with E-state index in [1.165, 1.54) is 19.3 Å². The normalized spacial score (nSPS) is 29.3. The zero-order valence-electron chi connectivity index (χ0n) is 12.7. The summed E-state index contributed by atoms with van der Waals surface area (Å²) in [6.07, 6.45) is 13.4. The molecule has 2 rings (SSSR count). The fourth-order valence-corrected chi connectivity index (χ4v) is 4.23. The van der Waals surface area contributed by atoms with Crippen molar-refractivity contribution < 1.29 is 14.6 Å². The Hall–Kier alpha value is -0.570. The molecular weight excluding hydrogens is 252 g/mol. The lowest BCUT2D eigenvalue weighted by atomic mass is 9.62. The zero-order chi connectivity index (χ0) is 14.3. The molecule has 1 saturated heterocycles. The van der Waals surface area contributed by atoms with E-state index in [1.807, 2.05) is 0 Å². The summed E-state index contributed by atoms with van der Waals surface area (Å²) in [6, 6.07) is 0. The van der Waals surface area contributed by atoms with Crippen LogP contribution in [0.25, 0.3) is 0 Å². The van der Waals surface area contributed by atoms with E-state index in [0.29, 0.717) is 0 Å². The summed E-state index contributed by atoms with van der Waals surface area (Å²) in [7, 11) is 0. The highest BCUT2D eigenvalue weighted by molar-refractivity contribution is 5.71. The van der Waals surface area contributed by atoms with Gasteiger partial charge in [0.1, 0.15) is 0 Å². The molecule has 20 heavy (non-hydrogen) atoms. The summed E-state index contributed by atoms with van der Waals surface area (Å²) in [5.74, 6) is -0.650. The highest BCUT2D eigenvalue weighted by Gasteiger charge is 2.42. The Morgan fingerprint density at radius 3 is 2.05 bits per heavy atom. The molecule has 0 aromatic heterocycles. The van der Waals surface area contributed by atoms with Crippen molar-refractivity contribution >= 4 is 5.97 Å². The molecule has 1 heterocycles. The van der Waals surface area contributed by atoms with E-state index in [2.05, 4.69) is 0 Å². The Balaban J connectivity index is 2.07. The van der Waals surface area contributed by atoms with E-state index in [9.17, 15) is 9.90 Å². The fraction of sp³-hybridized carbons (Fsp3) is 0.941. The fourth-order valence-electron chi connectivity index (χ4n) is 4.23. The Morgan fingerprint density at radius 2 is 1.40 bits per heavy atom. The van der Waals surface area contributed by atoms with Gasteiger partial charge in [-0.1, -0.05) is 38.5 Å². The first-order chi connectivity index (χ1) is 9.75. The van der Waals surface area contributed by atoms with Crippen LogP contribution in [0, 0.1) is 11.3 Å². The number of aliphatic carboxylic acids is 1. The largest absolute Gasteiger partial charge is 0.481 e. The predicted molar refractivity (Wildman–Crippen MR) is 79.8 cm³/mol. The molecule has 1 N–H and O–H groups in total. The second-order valence-electron chi connectivity index (χ2n) is 6.73. The predicted octanol–water partition coefficient (Wildman–Crippen LogP) is 4.40. The molecular formula is C17H30O3. The van der Waals surface area contributed by atoms with Crippen molar-refractivity contribution in [2.75, 3.05) is 13.2 Å². The number of ether oxygens (including phenoxy) is 1. The SMILES string of the molecule is O=C(O)C1CCCCCOCCCCC12CCCCC2. The lowest BCUT2D eigenvalue weighted by Crippen LogP contribution is -2.38. The van der Waals surface area contributed by atoms with E-state index in [-0.39, 0.29) is 11.3 Å². The van der Waals surface area contributed by atoms with Crippen LogP contribution < -0.4 is 0 Å². The van der Waals surface area contributed by atoms with Crippen molar-refractivity contribution in [1.29, 1.82) is 0 Å². The Morgan fingerprint density at radius 1 is 0.850 bits per heavy atom. The van der Waals surface area contributed by atoms with Crippen LogP contribution >= 0.6 is 0 Å². The summed E-state index contributed by atoms with van der Waals surface area (Å²) < 4.78 is 5.64. The van der Waals surface area contributed by atoms with Crippen molar-refractivity contribution in [3.8, 4) is 0 Å². The van der Waals surface area contributed by atoms with Gasteiger partial charge in [-0.3, -0.25) is 4.79 Å². The van der Waals surface area contributed by atoms with Gasteiger partial charge in [-0.15, -0.1) is 0 Å². The zero-order valence-corrected chi connectivity index (χ0v) is 12.7. The van der Waals surface area contributed by atoms with Crippen LogP contribution in [0.3, 0.4) is 0 Å². The average Bonchev–Trinajstić information content (AvgIpc) is 2.43. The van der Waals surface area contributed by atoms with Crippen LogP contribution in [0.5, 0.6) is 0 Å². The van der Waals surface area contributed by atoms with E-state index < -0.39 is 5.97 Å². The minimum atomic E-state index is -0.541. The molecule has 1 aliphatic carbocycles. The Labute approximate surface area is 123 Å². The van der Waals surface area contributed by atoms with Gasteiger partial charge in [-0.05, 0) is 43.9 Å². The highest BCUT2D eigenvalue weighted by atomic mass is 16.5. The van der Waals surface area contributed by atoms with Crippen molar-refractivity contribution in [1.82, 2.24) is 0 Å². The molecule has 0 aromatic carbocycles. The van der Waals surface area contributed by atoms with E-state index >= 15 is 0 Å². The monoisotopic (exact) mass is 282 g/mol. The van der Waals surface area contributed by atoms with Gasteiger partial charge >= 0.3 is 5.97 Å². The first-order valence-corrected chi connectivity index (χ1v) is 8.55. The molecule has 1 saturated carbocycles. The first kappa shape index (κ1) is 15.8. The maximum Gasteiger partial charge on any atom is 0.307 e. The summed E-state index contributed by atoms with van der Waals surface area (Å²) in [5, 5.41) is 9.74. The lowest BCUT2D eigenvalue weighted by Gasteiger charge is -2.42. The van der Waals surface area contributed by atoms with Crippen LogP contribution in [0.15, 0.2) is 0 Å². The molecule has 116 valence electrons. The van der Waals surface area contributed by atoms with Crippen LogP contribution in [0.2, 0.25) is 0 Å². The number of hydrogen-bond donors (Lipinski definition) is 1. The third-order valence-corrected chi connectivity index (χ3v) is 5.38. The third kappa shape index (κ3) is 4.21. The van der Waals surface area contributed by atoms with Crippen LogP contribution in [-0.4, -0.2) is 24.3 Å². The quantitative estimate of drug-likeness (QED) is 0.775. The number of carbonyl (C=O) groups is 1. The van der Waals surface area contributed by atoms with E-state index in [1.54, 1.807) is 0 Å². The van der Waals surface area contributed by atoms with Crippen molar-refractivity contribution in [3.05, 3.63) is 0 Å². The molecule has 3 heteroatoms. The Bertz CT molecular complexity index is 295. The van der Waals surface area contributed by atoms with Crippen molar-refractivity contribution in [3.63, 3.8) is 0 Å². The van der Waals surface area contributed by atoms with Crippen LogP contribution in [0.4, 0.5) is 0 Å². The summed E-state index contributed by atoms with van der Waals surface area (Å²) in [4.78, 5) is 11.8. The second-order valence-corrected chi connectivity index (χ2v) is 6.73. The molecule has 2 aliphatic rings. The topological polar surface area (TPSA) is 46.5 Å². The smallest absolute Gasteiger partial charge is 0.307 e. The summed E-state index contributed by atoms with van der Waals surface area (Å²) in [5.41, 5.74) is 0.0866. The molecule has 3 nitrogen and oxygen atoms in total. The molecule has 0 bridgehead atoms. The average molecular weight is 282 g/mol. The van der Waals surface area contributed by atoms with Gasteiger partial charge in [0.15, 0.2) is 0 Å². The molecule has 1 atom stereocenters. The minimum absolute atomic E-state index is 0.0866. The van der Waals surface area contributed by atoms with E-state index in [4.69, 9.17) is 4.74 Å². The standard InChI is InChI=1S/C17H30O3/c18-16(19)15-9-3-1-7-13-20-14-8-6-12-17(15)10-4-2-5-11-17/h15H,1-14H2,(H,18,19). The first-order valence-electron chi connectivity index (χ1n) is 8.55. The summed E-state index contributed by atoms with van der Waals surface area (Å²) in [6.45, 7) is 1.71. The molecule has 1 unspecified atom stereocenters. The van der Waals surface area contributed by atoms with Gasteiger partial charge in [0.2, 0.25) is 0 Å². The molecule has 2 fully saturated rings. The molecule has 1 aliphatic heterocycles. The molecule has 1 spiro atoms. The molecule has 0 radical (unpaired) electrons. The lowest BCUT2D eigenvalue weighted by molar-refractivity contribution is -0.149.